The lowest BCUT2D eigenvalue weighted by Crippen LogP contribution is -2.56. The maximum absolute atomic E-state index is 15.6. The van der Waals surface area contributed by atoms with Gasteiger partial charge in [-0.25, -0.2) is 14.2 Å². The molecule has 0 bridgehead atoms. The first kappa shape index (κ1) is 103. The zero-order valence-electron chi connectivity index (χ0n) is 77.8. The Kier molecular flexibility index (Phi) is 40.9. The van der Waals surface area contributed by atoms with Crippen LogP contribution < -0.4 is 42.8 Å². The third-order valence-electron chi connectivity index (χ3n) is 25.5. The highest BCUT2D eigenvalue weighted by Crippen LogP contribution is 2.49. The Morgan fingerprint density at radius 1 is 0.597 bits per heavy atom. The number of aromatic amines is 1. The molecule has 12 rings (SSSR count). The molecule has 2 aliphatic carbocycles. The summed E-state index contributed by atoms with van der Waals surface area (Å²) in [4.78, 5) is 131. The number of carbonyl (C=O) groups is 8. The summed E-state index contributed by atoms with van der Waals surface area (Å²) >= 11 is 0. The molecule has 1 saturated heterocycles. The number of halogens is 1. The number of likely N-dealkylation sites (tertiary alicyclic amines) is 1. The summed E-state index contributed by atoms with van der Waals surface area (Å²) in [6.45, 7) is 18.4. The van der Waals surface area contributed by atoms with Crippen LogP contribution in [0.1, 0.15) is 156 Å². The van der Waals surface area contributed by atoms with Crippen LogP contribution in [0.4, 0.5) is 10.1 Å². The number of aryl methyl sites for hydroxylation is 1. The molecule has 6 aliphatic rings. The van der Waals surface area contributed by atoms with Crippen LogP contribution >= 0.6 is 0 Å². The molecule has 38 heteroatoms. The molecule has 1 spiro atoms. The number of cyclic esters (lactones) is 1. The summed E-state index contributed by atoms with van der Waals surface area (Å²) < 4.78 is 95.0. The number of aliphatic hydroxyl groups is 1. The van der Waals surface area contributed by atoms with Crippen LogP contribution in [-0.4, -0.2) is 299 Å². The van der Waals surface area contributed by atoms with Crippen LogP contribution in [0.3, 0.4) is 0 Å². The Labute approximate surface area is 780 Å². The molecule has 37 nitrogen and oxygen atoms in total. The highest BCUT2D eigenvalue weighted by Gasteiger charge is 2.47. The van der Waals surface area contributed by atoms with Crippen molar-refractivity contribution in [2.45, 2.75) is 167 Å². The van der Waals surface area contributed by atoms with Crippen molar-refractivity contribution in [1.82, 2.24) is 56.4 Å². The van der Waals surface area contributed by atoms with Gasteiger partial charge < -0.3 is 118 Å². The minimum absolute atomic E-state index is 0.00517. The zero-order chi connectivity index (χ0) is 94.6. The molecule has 2 fully saturated rings. The lowest BCUT2D eigenvalue weighted by Gasteiger charge is -2.45. The van der Waals surface area contributed by atoms with Gasteiger partial charge in [0.1, 0.15) is 35.9 Å². The van der Waals surface area contributed by atoms with Crippen LogP contribution in [0.5, 0.6) is 0 Å². The van der Waals surface area contributed by atoms with E-state index in [2.05, 4.69) is 42.0 Å². The van der Waals surface area contributed by atoms with Gasteiger partial charge in [-0.05, 0) is 136 Å². The summed E-state index contributed by atoms with van der Waals surface area (Å²) in [5.41, 5.74) is 12.0. The lowest BCUT2D eigenvalue weighted by atomic mass is 9.65. The number of nitrogens with zero attached hydrogens (tertiary/aromatic N) is 6. The molecule has 0 unspecified atom stereocenters. The number of hydrogen-bond donors (Lipinski definition) is 8. The number of piperidine rings is 1. The minimum Gasteiger partial charge on any atom is -0.458 e. The Hall–Kier alpha value is -9.75. The molecule has 7 heterocycles. The number of amides is 7. The number of rotatable bonds is 59. The molecule has 0 radical (unpaired) electrons. The van der Waals surface area contributed by atoms with E-state index >= 15 is 4.39 Å². The summed E-state index contributed by atoms with van der Waals surface area (Å²) in [6, 6.07) is 15.8. The van der Waals surface area contributed by atoms with Crippen molar-refractivity contribution in [2.75, 3.05) is 209 Å². The topological polar surface area (TPSA) is 455 Å². The molecule has 4 atom stereocenters. The van der Waals surface area contributed by atoms with E-state index in [0.717, 1.165) is 72.2 Å². The number of pyridine rings is 2. The van der Waals surface area contributed by atoms with Crippen molar-refractivity contribution in [3.05, 3.63) is 116 Å². The van der Waals surface area contributed by atoms with E-state index in [1.54, 1.807) is 38.7 Å². The van der Waals surface area contributed by atoms with E-state index < -0.39 is 71.2 Å². The predicted molar refractivity (Wildman–Crippen MR) is 489 cm³/mol. The zero-order valence-corrected chi connectivity index (χ0v) is 77.8. The number of ether oxygens (including phenoxy) is 14. The Morgan fingerprint density at radius 2 is 1.13 bits per heavy atom. The van der Waals surface area contributed by atoms with E-state index in [-0.39, 0.29) is 111 Å². The maximum Gasteiger partial charge on any atom is 0.343 e. The number of nitrogens with one attached hydrogen (secondary N) is 6. The van der Waals surface area contributed by atoms with Crippen molar-refractivity contribution in [1.29, 1.82) is 0 Å². The fourth-order valence-electron chi connectivity index (χ4n) is 17.9. The van der Waals surface area contributed by atoms with E-state index in [1.807, 2.05) is 53.4 Å². The Balaban J connectivity index is 0.391. The predicted octanol–water partition coefficient (Wildman–Crippen LogP) is 5.80. The normalized spacial score (nSPS) is 16.9. The van der Waals surface area contributed by atoms with Crippen molar-refractivity contribution in [3.63, 3.8) is 0 Å². The number of esters is 1. The van der Waals surface area contributed by atoms with Gasteiger partial charge >= 0.3 is 5.97 Å². The first-order chi connectivity index (χ1) is 65.2. The number of carbonyl (C=O) groups excluding carboxylic acids is 8. The summed E-state index contributed by atoms with van der Waals surface area (Å²) in [7, 11) is 0. The van der Waals surface area contributed by atoms with Gasteiger partial charge in [-0.15, -0.1) is 0 Å². The SMILES string of the molecule is CC[C@@]1(O)C(=O)OCc2c1cc1n(c2=O)Cc2c-1nc1cc(F)c(C)c3c1c2[C@@H](NC(=O)CNC(=O)[C@H](CCCCN)NC(=O)[C@@H](NC(=O)CCOCCOCCOCCOCCOCCOCCOCCOCCOCCOCCOCCOCCOCCC(=O)N1CCC2(CCC(C(=O)NCCC(=O)N4Cc5ccccc5-c5n[nH]nc5-c5ccccc54)CC2)CC1)C(C)C)CC3. The smallest absolute Gasteiger partial charge is 0.343 e. The van der Waals surface area contributed by atoms with Crippen molar-refractivity contribution in [3.8, 4) is 33.9 Å². The summed E-state index contributed by atoms with van der Waals surface area (Å²) in [5, 5.41) is 38.2. The van der Waals surface area contributed by atoms with E-state index in [4.69, 9.17) is 77.0 Å². The monoisotopic (exact) mass is 1870 g/mol. The van der Waals surface area contributed by atoms with Gasteiger partial charge in [-0.1, -0.05) is 63.2 Å². The fraction of sp³-hybridized carbons (Fsp3) is 0.625. The number of nitrogens with two attached hydrogens (primary N) is 1. The van der Waals surface area contributed by atoms with E-state index in [9.17, 15) is 48.3 Å². The summed E-state index contributed by atoms with van der Waals surface area (Å²) in [6.07, 6.45) is 7.73. The first-order valence-corrected chi connectivity index (χ1v) is 47.3. The number of benzene rings is 3. The Bertz CT molecular complexity index is 4920. The number of hydrogen-bond acceptors (Lipinski definition) is 28. The van der Waals surface area contributed by atoms with Crippen LogP contribution in [0, 0.1) is 30.0 Å². The highest BCUT2D eigenvalue weighted by atomic mass is 19.1. The Morgan fingerprint density at radius 3 is 1.69 bits per heavy atom. The van der Waals surface area contributed by atoms with Gasteiger partial charge in [0.2, 0.25) is 41.4 Å². The largest absolute Gasteiger partial charge is 0.458 e. The average molecular weight is 1870 g/mol. The molecule has 3 aromatic carbocycles. The van der Waals surface area contributed by atoms with Gasteiger partial charge in [-0.2, -0.15) is 15.4 Å². The van der Waals surface area contributed by atoms with Crippen LogP contribution in [0.2, 0.25) is 0 Å². The number of H-pyrrole nitrogens is 1. The first-order valence-electron chi connectivity index (χ1n) is 47.3. The standard InChI is InChI=1S/C96H134FN13O24/c1-5-96(120)73-58-79-87-71(62-110(79)93(118)72(73)63-134-94(96)119)85-75(18-17-68-65(4)74(97)59-77(102-87)84(68)85)101-81(112)60-100-91(116)76(15-10-11-28-98)103-92(117)86(64(2)3)104-80(111)22-32-121-34-36-123-38-40-125-42-44-127-46-48-129-50-52-131-54-56-133-57-55-132-53-51-130-49-47-128-45-43-126-41-39-124-37-35-122-33-23-82(113)108-30-26-95(27-31-108)24-19-66(20-25-95)90(115)99-29-21-83(114)109-61-67-12-6-7-13-69(67)88-89(106-107-105-88)70-14-8-9-16-78(70)109/h6-9,12-14,16,58-59,64,66,75-76,86,120H,5,10-11,15,17-57,60-63,98H2,1-4H3,(H,99,115)(H,100,116)(H,101,112)(H,103,117)(H,104,111)(H,105,106,107)/t75-,76-,86-,96-/m0/s1. The third-order valence-corrected chi connectivity index (χ3v) is 25.5. The molecule has 7 amide bonds. The number of fused-ring (bicyclic) bond motifs is 10. The van der Waals surface area contributed by atoms with Gasteiger partial charge in [0.15, 0.2) is 5.60 Å². The molecule has 1 saturated carbocycles. The van der Waals surface area contributed by atoms with Crippen LogP contribution in [-0.2, 0) is 136 Å². The maximum atomic E-state index is 15.6. The van der Waals surface area contributed by atoms with Gasteiger partial charge in [0.25, 0.3) is 5.56 Å². The number of anilines is 1. The van der Waals surface area contributed by atoms with Crippen molar-refractivity contribution < 1.29 is 114 Å². The molecular formula is C96H134FN13O24. The highest BCUT2D eigenvalue weighted by molar-refractivity contribution is 6.01. The molecular weight excluding hydrogens is 1740 g/mol. The van der Waals surface area contributed by atoms with Crippen molar-refractivity contribution in [2.24, 2.45) is 23.0 Å². The third kappa shape index (κ3) is 28.5. The van der Waals surface area contributed by atoms with Crippen LogP contribution in [0.25, 0.3) is 44.8 Å². The lowest BCUT2D eigenvalue weighted by molar-refractivity contribution is -0.172. The fourth-order valence-corrected chi connectivity index (χ4v) is 17.9. The number of para-hydroxylation sites is 1. The average Bonchev–Trinajstić information content (AvgIpc) is 1.52. The number of aromatic nitrogens is 5. The minimum atomic E-state index is -2.06. The molecule has 134 heavy (non-hydrogen) atoms. The van der Waals surface area contributed by atoms with Gasteiger partial charge in [-0.3, -0.25) is 38.4 Å². The second-order valence-corrected chi connectivity index (χ2v) is 34.7. The molecule has 6 aromatic rings. The quantitative estimate of drug-likeness (QED) is 0.0165. The van der Waals surface area contributed by atoms with Crippen molar-refractivity contribution >= 4 is 63.9 Å². The molecule has 4 aliphatic heterocycles. The van der Waals surface area contributed by atoms with Gasteiger partial charge in [0, 0.05) is 72.1 Å². The second kappa shape index (κ2) is 53.1. The summed E-state index contributed by atoms with van der Waals surface area (Å²) in [5.74, 6) is -3.97. The second-order valence-electron chi connectivity index (χ2n) is 34.7. The molecule has 734 valence electrons. The van der Waals surface area contributed by atoms with Gasteiger partial charge in [0.05, 0.1) is 232 Å². The number of unbranched alkanes of at least 4 members (excludes halogenated alkanes) is 1. The van der Waals surface area contributed by atoms with E-state index in [1.165, 1.54) is 10.6 Å². The van der Waals surface area contributed by atoms with Crippen LogP contribution in [0.15, 0.2) is 65.5 Å². The van der Waals surface area contributed by atoms with E-state index in [0.29, 0.717) is 255 Å². The molecule has 9 N–H and O–H groups in total. The molecule has 3 aromatic heterocycles.